The van der Waals surface area contributed by atoms with Crippen LogP contribution in [0.3, 0.4) is 0 Å². The van der Waals surface area contributed by atoms with Crippen LogP contribution in [0.1, 0.15) is 28.8 Å². The van der Waals surface area contributed by atoms with Gasteiger partial charge in [-0.05, 0) is 43.5 Å². The van der Waals surface area contributed by atoms with E-state index in [1.165, 1.54) is 4.57 Å². The maximum Gasteiger partial charge on any atom is 0.268 e. The molecule has 0 radical (unpaired) electrons. The van der Waals surface area contributed by atoms with Crippen LogP contribution in [0.25, 0.3) is 5.69 Å². The zero-order valence-corrected chi connectivity index (χ0v) is 17.6. The Morgan fingerprint density at radius 1 is 1.16 bits per heavy atom. The van der Waals surface area contributed by atoms with Gasteiger partial charge in [-0.25, -0.2) is 4.98 Å². The van der Waals surface area contributed by atoms with Gasteiger partial charge in [-0.1, -0.05) is 12.1 Å². The number of aromatic nitrogens is 3. The van der Waals surface area contributed by atoms with Crippen LogP contribution in [-0.2, 0) is 0 Å². The molecule has 1 fully saturated rings. The van der Waals surface area contributed by atoms with E-state index in [-0.39, 0.29) is 23.1 Å². The lowest BCUT2D eigenvalue weighted by atomic mass is 10.0. The Hall–Kier alpha value is -3.68. The van der Waals surface area contributed by atoms with Gasteiger partial charge in [0.15, 0.2) is 0 Å². The molecule has 0 spiro atoms. The van der Waals surface area contributed by atoms with Gasteiger partial charge in [-0.2, -0.15) is 0 Å². The van der Waals surface area contributed by atoms with Crippen molar-refractivity contribution in [2.45, 2.75) is 25.8 Å². The number of hydrogen-bond acceptors (Lipinski definition) is 6. The fourth-order valence-electron chi connectivity index (χ4n) is 3.89. The lowest BCUT2D eigenvalue weighted by molar-refractivity contribution is 0.0928. The Morgan fingerprint density at radius 2 is 1.94 bits per heavy atom. The molecule has 1 aliphatic rings. The van der Waals surface area contributed by atoms with Crippen molar-refractivity contribution >= 4 is 11.7 Å². The number of rotatable bonds is 5. The fraction of sp³-hybridized carbons (Fsp3) is 0.304. The van der Waals surface area contributed by atoms with Gasteiger partial charge in [0, 0.05) is 37.7 Å². The van der Waals surface area contributed by atoms with Gasteiger partial charge in [-0.15, -0.1) is 0 Å². The summed E-state index contributed by atoms with van der Waals surface area (Å²) < 4.78 is 6.83. The van der Waals surface area contributed by atoms with Gasteiger partial charge in [-0.3, -0.25) is 19.1 Å². The van der Waals surface area contributed by atoms with Crippen LogP contribution in [0.4, 0.5) is 5.82 Å². The molecule has 8 heteroatoms. The molecule has 31 heavy (non-hydrogen) atoms. The molecule has 8 nitrogen and oxygen atoms in total. The summed E-state index contributed by atoms with van der Waals surface area (Å²) in [5.41, 5.74) is 1.04. The highest BCUT2D eigenvalue weighted by Gasteiger charge is 2.24. The van der Waals surface area contributed by atoms with E-state index in [4.69, 9.17) is 4.74 Å². The van der Waals surface area contributed by atoms with E-state index in [0.717, 1.165) is 31.7 Å². The first-order chi connectivity index (χ1) is 15.1. The molecule has 0 atom stereocenters. The Morgan fingerprint density at radius 3 is 2.65 bits per heavy atom. The van der Waals surface area contributed by atoms with Crippen molar-refractivity contribution in [2.24, 2.45) is 0 Å². The Balaban J connectivity index is 1.51. The average Bonchev–Trinajstić information content (AvgIpc) is 2.80. The number of methoxy groups -OCH3 is 1. The molecule has 160 valence electrons. The van der Waals surface area contributed by atoms with E-state index < -0.39 is 0 Å². The molecule has 1 N–H and O–H groups in total. The number of piperidine rings is 1. The molecular weight excluding hydrogens is 394 g/mol. The molecule has 1 aromatic carbocycles. The normalized spacial score (nSPS) is 14.3. The van der Waals surface area contributed by atoms with E-state index in [0.29, 0.717) is 17.0 Å². The second-order valence-corrected chi connectivity index (χ2v) is 7.52. The van der Waals surface area contributed by atoms with Crippen LogP contribution in [0, 0.1) is 6.92 Å². The fourth-order valence-corrected chi connectivity index (χ4v) is 3.89. The van der Waals surface area contributed by atoms with Crippen LogP contribution >= 0.6 is 0 Å². The van der Waals surface area contributed by atoms with Gasteiger partial charge in [0.1, 0.15) is 17.1 Å². The molecule has 3 aromatic rings. The van der Waals surface area contributed by atoms with E-state index in [2.05, 4.69) is 20.2 Å². The van der Waals surface area contributed by atoms with Crippen LogP contribution in [-0.4, -0.2) is 46.7 Å². The van der Waals surface area contributed by atoms with Gasteiger partial charge >= 0.3 is 0 Å². The van der Waals surface area contributed by atoms with Crippen LogP contribution < -0.4 is 20.5 Å². The van der Waals surface area contributed by atoms with Crippen molar-refractivity contribution in [1.29, 1.82) is 0 Å². The number of nitrogens with one attached hydrogen (secondary N) is 1. The number of benzene rings is 1. The Labute approximate surface area is 180 Å². The number of carbonyl (C=O) groups excluding carboxylic acids is 1. The van der Waals surface area contributed by atoms with E-state index in [1.54, 1.807) is 57.0 Å². The molecule has 2 aromatic heterocycles. The van der Waals surface area contributed by atoms with Crippen LogP contribution in [0.15, 0.2) is 59.9 Å². The first-order valence-corrected chi connectivity index (χ1v) is 10.3. The molecule has 0 unspecified atom stereocenters. The van der Waals surface area contributed by atoms with Crippen molar-refractivity contribution in [3.8, 4) is 11.4 Å². The maximum absolute atomic E-state index is 13.2. The summed E-state index contributed by atoms with van der Waals surface area (Å²) in [4.78, 5) is 36.9. The first kappa shape index (κ1) is 20.6. The summed E-state index contributed by atoms with van der Waals surface area (Å²) in [6, 6.07) is 9.02. The molecule has 0 aliphatic carbocycles. The SMILES string of the molecule is COc1ccccc1-n1ccc(C)c(C(=O)NC2CCN(c3cnccn3)CC2)c1=O. The summed E-state index contributed by atoms with van der Waals surface area (Å²) >= 11 is 0. The molecule has 1 aliphatic heterocycles. The highest BCUT2D eigenvalue weighted by Crippen LogP contribution is 2.21. The van der Waals surface area contributed by atoms with Crippen molar-refractivity contribution in [3.63, 3.8) is 0 Å². The monoisotopic (exact) mass is 419 g/mol. The number of nitrogens with zero attached hydrogens (tertiary/aromatic N) is 4. The number of carbonyl (C=O) groups is 1. The number of aryl methyl sites for hydroxylation is 1. The third-order valence-electron chi connectivity index (χ3n) is 5.58. The highest BCUT2D eigenvalue weighted by atomic mass is 16.5. The lowest BCUT2D eigenvalue weighted by Crippen LogP contribution is -2.46. The average molecular weight is 419 g/mol. The number of para-hydroxylation sites is 2. The molecule has 1 amide bonds. The Kier molecular flexibility index (Phi) is 5.97. The van der Waals surface area contributed by atoms with Gasteiger partial charge in [0.2, 0.25) is 0 Å². The quantitative estimate of drug-likeness (QED) is 0.683. The second kappa shape index (κ2) is 8.99. The number of anilines is 1. The summed E-state index contributed by atoms with van der Waals surface area (Å²) in [6.45, 7) is 3.31. The van der Waals surface area contributed by atoms with Crippen LogP contribution in [0.2, 0.25) is 0 Å². The third kappa shape index (κ3) is 4.28. The van der Waals surface area contributed by atoms with Crippen molar-refractivity contribution in [3.05, 3.63) is 76.6 Å². The summed E-state index contributed by atoms with van der Waals surface area (Å²) in [5, 5.41) is 3.05. The van der Waals surface area contributed by atoms with Crippen molar-refractivity contribution < 1.29 is 9.53 Å². The third-order valence-corrected chi connectivity index (χ3v) is 5.58. The topological polar surface area (TPSA) is 89.3 Å². The summed E-state index contributed by atoms with van der Waals surface area (Å²) in [5.74, 6) is 1.06. The summed E-state index contributed by atoms with van der Waals surface area (Å²) in [6.07, 6.45) is 8.28. The molecule has 3 heterocycles. The lowest BCUT2D eigenvalue weighted by Gasteiger charge is -2.32. The number of ether oxygens (including phenoxy) is 1. The van der Waals surface area contributed by atoms with E-state index >= 15 is 0 Å². The number of amides is 1. The van der Waals surface area contributed by atoms with Gasteiger partial charge in [0.25, 0.3) is 11.5 Å². The number of pyridine rings is 1. The van der Waals surface area contributed by atoms with Crippen molar-refractivity contribution in [1.82, 2.24) is 19.9 Å². The largest absolute Gasteiger partial charge is 0.495 e. The van der Waals surface area contributed by atoms with E-state index in [9.17, 15) is 9.59 Å². The minimum atomic E-state index is -0.362. The maximum atomic E-state index is 13.2. The minimum Gasteiger partial charge on any atom is -0.495 e. The zero-order chi connectivity index (χ0) is 21.8. The number of hydrogen-bond donors (Lipinski definition) is 1. The molecular formula is C23H25N5O3. The van der Waals surface area contributed by atoms with Gasteiger partial charge < -0.3 is 15.0 Å². The van der Waals surface area contributed by atoms with E-state index in [1.807, 2.05) is 12.1 Å². The molecule has 1 saturated heterocycles. The molecule has 4 rings (SSSR count). The minimum absolute atomic E-state index is 0.000797. The van der Waals surface area contributed by atoms with Crippen LogP contribution in [0.5, 0.6) is 5.75 Å². The predicted octanol–water partition coefficient (Wildman–Crippen LogP) is 2.34. The standard InChI is InChI=1S/C23H25N5O3/c1-16-7-14-28(18-5-3-4-6-19(18)31-2)23(30)21(16)22(29)26-17-8-12-27(13-9-17)20-15-24-10-11-25-20/h3-7,10-11,14-15,17H,8-9,12-13H2,1-2H3,(H,26,29). The first-order valence-electron chi connectivity index (χ1n) is 10.3. The molecule has 0 saturated carbocycles. The molecule has 0 bridgehead atoms. The Bertz CT molecular complexity index is 1120. The van der Waals surface area contributed by atoms with Crippen molar-refractivity contribution in [2.75, 3.05) is 25.1 Å². The smallest absolute Gasteiger partial charge is 0.268 e. The second-order valence-electron chi connectivity index (χ2n) is 7.52. The predicted molar refractivity (Wildman–Crippen MR) is 118 cm³/mol. The summed E-state index contributed by atoms with van der Waals surface area (Å²) in [7, 11) is 1.55. The zero-order valence-electron chi connectivity index (χ0n) is 17.6. The van der Waals surface area contributed by atoms with Gasteiger partial charge in [0.05, 0.1) is 19.0 Å². The highest BCUT2D eigenvalue weighted by molar-refractivity contribution is 5.95.